The molecule has 2 N–H and O–H groups in total. The second kappa shape index (κ2) is 9.99. The lowest BCUT2D eigenvalue weighted by atomic mass is 10.1. The minimum Gasteiger partial charge on any atom is -0.465 e. The molecule has 7 heteroatoms. The third kappa shape index (κ3) is 5.38. The Morgan fingerprint density at radius 2 is 1.88 bits per heavy atom. The van der Waals surface area contributed by atoms with Gasteiger partial charge in [0.1, 0.15) is 11.5 Å². The molecule has 2 aromatic carbocycles. The second-order valence-electron chi connectivity index (χ2n) is 7.83. The lowest BCUT2D eigenvalue weighted by Crippen LogP contribution is -2.36. The number of hydrogen-bond acceptors (Lipinski definition) is 4. The van der Waals surface area contributed by atoms with Crippen molar-refractivity contribution in [1.29, 1.82) is 0 Å². The van der Waals surface area contributed by atoms with Crippen LogP contribution in [0.4, 0.5) is 5.69 Å². The maximum absolute atomic E-state index is 13.1. The Kier molecular flexibility index (Phi) is 6.69. The molecule has 1 atom stereocenters. The first-order valence-corrected chi connectivity index (χ1v) is 10.8. The van der Waals surface area contributed by atoms with Crippen molar-refractivity contribution >= 4 is 29.5 Å². The van der Waals surface area contributed by atoms with Crippen LogP contribution in [0.2, 0.25) is 0 Å². The Labute approximate surface area is 192 Å². The van der Waals surface area contributed by atoms with Gasteiger partial charge < -0.3 is 20.0 Å². The van der Waals surface area contributed by atoms with Gasteiger partial charge in [0.2, 0.25) is 5.91 Å². The van der Waals surface area contributed by atoms with Gasteiger partial charge in [0.05, 0.1) is 12.3 Å². The van der Waals surface area contributed by atoms with Gasteiger partial charge in [0.25, 0.3) is 11.8 Å². The molecule has 4 rings (SSSR count). The van der Waals surface area contributed by atoms with E-state index in [2.05, 4.69) is 10.6 Å². The summed E-state index contributed by atoms with van der Waals surface area (Å²) in [7, 11) is 0. The molecule has 1 aliphatic heterocycles. The van der Waals surface area contributed by atoms with Crippen molar-refractivity contribution in [2.24, 2.45) is 0 Å². The average Bonchev–Trinajstić information content (AvgIpc) is 3.50. The van der Waals surface area contributed by atoms with Crippen LogP contribution in [0.3, 0.4) is 0 Å². The first-order valence-electron chi connectivity index (χ1n) is 10.8. The zero-order valence-corrected chi connectivity index (χ0v) is 18.3. The number of nitrogens with one attached hydrogen (secondary N) is 2. The Morgan fingerprint density at radius 3 is 2.58 bits per heavy atom. The smallest absolute Gasteiger partial charge is 0.268 e. The van der Waals surface area contributed by atoms with E-state index in [1.807, 2.05) is 37.3 Å². The monoisotopic (exact) mass is 443 g/mol. The lowest BCUT2D eigenvalue weighted by Gasteiger charge is -2.20. The van der Waals surface area contributed by atoms with Crippen molar-refractivity contribution in [3.63, 3.8) is 0 Å². The minimum atomic E-state index is -0.453. The van der Waals surface area contributed by atoms with Crippen LogP contribution in [0.1, 0.15) is 47.5 Å². The highest BCUT2D eigenvalue weighted by Gasteiger charge is 2.23. The summed E-state index contributed by atoms with van der Waals surface area (Å²) in [5.41, 5.74) is 2.18. The molecular formula is C26H25N3O4. The van der Waals surface area contributed by atoms with Crippen molar-refractivity contribution < 1.29 is 18.8 Å². The Bertz CT molecular complexity index is 1170. The molecule has 1 unspecified atom stereocenters. The van der Waals surface area contributed by atoms with Gasteiger partial charge in [-0.2, -0.15) is 0 Å². The second-order valence-corrected chi connectivity index (χ2v) is 7.83. The largest absolute Gasteiger partial charge is 0.465 e. The highest BCUT2D eigenvalue weighted by Crippen LogP contribution is 2.25. The molecule has 1 aliphatic rings. The topological polar surface area (TPSA) is 91.7 Å². The Morgan fingerprint density at radius 1 is 1.06 bits per heavy atom. The van der Waals surface area contributed by atoms with Crippen LogP contribution in [0, 0.1) is 0 Å². The Balaban J connectivity index is 1.52. The average molecular weight is 444 g/mol. The van der Waals surface area contributed by atoms with Crippen molar-refractivity contribution in [3.8, 4) is 0 Å². The number of hydrogen-bond donors (Lipinski definition) is 2. The van der Waals surface area contributed by atoms with Crippen molar-refractivity contribution in [2.45, 2.75) is 25.8 Å². The predicted octanol–water partition coefficient (Wildman–Crippen LogP) is 4.05. The molecule has 168 valence electrons. The van der Waals surface area contributed by atoms with E-state index in [4.69, 9.17) is 4.42 Å². The quantitative estimate of drug-likeness (QED) is 0.539. The minimum absolute atomic E-state index is 0.0662. The molecule has 1 aromatic heterocycles. The highest BCUT2D eigenvalue weighted by atomic mass is 16.3. The van der Waals surface area contributed by atoms with Crippen LogP contribution in [0.15, 0.2) is 83.1 Å². The van der Waals surface area contributed by atoms with E-state index in [0.29, 0.717) is 24.3 Å². The van der Waals surface area contributed by atoms with Crippen molar-refractivity contribution in [2.75, 3.05) is 11.4 Å². The summed E-state index contributed by atoms with van der Waals surface area (Å²) in [6, 6.07) is 19.3. The summed E-state index contributed by atoms with van der Waals surface area (Å²) in [6.45, 7) is 2.55. The van der Waals surface area contributed by atoms with Gasteiger partial charge in [-0.05, 0) is 55.3 Å². The maximum atomic E-state index is 13.1. The third-order valence-electron chi connectivity index (χ3n) is 5.46. The summed E-state index contributed by atoms with van der Waals surface area (Å²) in [6.07, 6.45) is 4.38. The van der Waals surface area contributed by atoms with Crippen LogP contribution in [0.25, 0.3) is 6.08 Å². The molecule has 0 bridgehead atoms. The number of carbonyl (C=O) groups excluding carboxylic acids is 3. The van der Waals surface area contributed by atoms with Gasteiger partial charge >= 0.3 is 0 Å². The van der Waals surface area contributed by atoms with Gasteiger partial charge in [0.15, 0.2) is 0 Å². The molecule has 0 spiro atoms. The molecule has 0 radical (unpaired) electrons. The fourth-order valence-electron chi connectivity index (χ4n) is 3.70. The summed E-state index contributed by atoms with van der Waals surface area (Å²) in [5, 5.41) is 5.61. The number of carbonyl (C=O) groups is 3. The predicted molar refractivity (Wildman–Crippen MR) is 125 cm³/mol. The molecule has 33 heavy (non-hydrogen) atoms. The van der Waals surface area contributed by atoms with Gasteiger partial charge in [-0.15, -0.1) is 0 Å². The fraction of sp³-hybridized carbons (Fsp3) is 0.192. The van der Waals surface area contributed by atoms with E-state index >= 15 is 0 Å². The SMILES string of the molecule is CC(NC(=O)C(=Cc1ccco1)NC(=O)c1ccccc1)c1cccc(N2CCCC2=O)c1. The zero-order chi connectivity index (χ0) is 23.2. The van der Waals surface area contributed by atoms with Crippen LogP contribution in [-0.2, 0) is 9.59 Å². The number of anilines is 1. The summed E-state index contributed by atoms with van der Waals surface area (Å²) >= 11 is 0. The summed E-state index contributed by atoms with van der Waals surface area (Å²) in [4.78, 5) is 39.6. The molecule has 1 saturated heterocycles. The zero-order valence-electron chi connectivity index (χ0n) is 18.3. The van der Waals surface area contributed by atoms with E-state index in [1.54, 1.807) is 41.3 Å². The summed E-state index contributed by atoms with van der Waals surface area (Å²) < 4.78 is 5.33. The van der Waals surface area contributed by atoms with Gasteiger partial charge in [-0.25, -0.2) is 0 Å². The molecule has 7 nitrogen and oxygen atoms in total. The molecule has 3 amide bonds. The van der Waals surface area contributed by atoms with E-state index in [1.165, 1.54) is 12.3 Å². The maximum Gasteiger partial charge on any atom is 0.268 e. The van der Waals surface area contributed by atoms with E-state index < -0.39 is 11.8 Å². The number of amides is 3. The first kappa shape index (κ1) is 22.1. The molecule has 2 heterocycles. The molecule has 3 aromatic rings. The number of furan rings is 1. The fourth-order valence-corrected chi connectivity index (χ4v) is 3.70. The van der Waals surface area contributed by atoms with Crippen LogP contribution in [-0.4, -0.2) is 24.3 Å². The van der Waals surface area contributed by atoms with E-state index in [-0.39, 0.29) is 17.6 Å². The highest BCUT2D eigenvalue weighted by molar-refractivity contribution is 6.05. The molecule has 0 aliphatic carbocycles. The van der Waals surface area contributed by atoms with Crippen molar-refractivity contribution in [3.05, 3.63) is 95.6 Å². The first-order chi connectivity index (χ1) is 16.0. The Hall–Kier alpha value is -4.13. The van der Waals surface area contributed by atoms with Crippen LogP contribution >= 0.6 is 0 Å². The molecular weight excluding hydrogens is 418 g/mol. The van der Waals surface area contributed by atoms with Gasteiger partial charge in [-0.3, -0.25) is 14.4 Å². The van der Waals surface area contributed by atoms with Crippen LogP contribution in [0.5, 0.6) is 0 Å². The standard InChI is InChI=1S/C26H25N3O4/c1-18(20-10-5-11-21(16-20)29-14-6-13-24(29)30)27-26(32)23(17-22-12-7-15-33-22)28-25(31)19-8-3-2-4-9-19/h2-5,7-12,15-18H,6,13-14H2,1H3,(H,27,32)(H,28,31). The molecule has 1 fully saturated rings. The van der Waals surface area contributed by atoms with Crippen molar-refractivity contribution in [1.82, 2.24) is 10.6 Å². The molecule has 0 saturated carbocycles. The van der Waals surface area contributed by atoms with Gasteiger partial charge in [0, 0.05) is 30.3 Å². The lowest BCUT2D eigenvalue weighted by molar-refractivity contribution is -0.118. The number of nitrogens with zero attached hydrogens (tertiary/aromatic N) is 1. The number of benzene rings is 2. The van der Waals surface area contributed by atoms with Gasteiger partial charge in [-0.1, -0.05) is 30.3 Å². The van der Waals surface area contributed by atoms with E-state index in [0.717, 1.165) is 17.7 Å². The normalized spacial score (nSPS) is 14.8. The number of rotatable bonds is 7. The van der Waals surface area contributed by atoms with Crippen LogP contribution < -0.4 is 15.5 Å². The summed E-state index contributed by atoms with van der Waals surface area (Å²) in [5.74, 6) is -0.302. The van der Waals surface area contributed by atoms with E-state index in [9.17, 15) is 14.4 Å². The third-order valence-corrected chi connectivity index (χ3v) is 5.46.